The van der Waals surface area contributed by atoms with E-state index in [0.717, 1.165) is 0 Å². The van der Waals surface area contributed by atoms with Crippen LogP contribution < -0.4 is 4.74 Å². The van der Waals surface area contributed by atoms with Crippen LogP contribution >= 0.6 is 23.2 Å². The van der Waals surface area contributed by atoms with Crippen LogP contribution in [0.3, 0.4) is 0 Å². The second-order valence-electron chi connectivity index (χ2n) is 5.30. The lowest BCUT2D eigenvalue weighted by atomic mass is 9.98. The maximum Gasteiger partial charge on any atom is 0.308 e. The van der Waals surface area contributed by atoms with Crippen LogP contribution in [0.1, 0.15) is 19.8 Å². The van der Waals surface area contributed by atoms with Crippen LogP contribution in [0, 0.1) is 5.92 Å². The van der Waals surface area contributed by atoms with Crippen molar-refractivity contribution in [3.05, 3.63) is 28.2 Å². The van der Waals surface area contributed by atoms with Crippen LogP contribution in [0.2, 0.25) is 10.0 Å². The Balaban J connectivity index is 2.01. The van der Waals surface area contributed by atoms with Gasteiger partial charge >= 0.3 is 5.97 Å². The van der Waals surface area contributed by atoms with Gasteiger partial charge in [-0.05, 0) is 38.0 Å². The lowest BCUT2D eigenvalue weighted by Crippen LogP contribution is -2.47. The highest BCUT2D eigenvalue weighted by Crippen LogP contribution is 2.28. The Kier molecular flexibility index (Phi) is 5.53. The van der Waals surface area contributed by atoms with Gasteiger partial charge in [0.1, 0.15) is 5.75 Å². The van der Waals surface area contributed by atoms with Crippen molar-refractivity contribution in [2.75, 3.05) is 13.1 Å². The fourth-order valence-electron chi connectivity index (χ4n) is 2.45. The monoisotopic (exact) mass is 345 g/mol. The van der Waals surface area contributed by atoms with Gasteiger partial charge in [0.05, 0.1) is 10.9 Å². The largest absolute Gasteiger partial charge is 0.481 e. The summed E-state index contributed by atoms with van der Waals surface area (Å²) in [6.07, 6.45) is 0.528. The second kappa shape index (κ2) is 7.20. The minimum atomic E-state index is -0.869. The first-order valence-corrected chi connectivity index (χ1v) is 7.77. The normalized spacial score (nSPS) is 19.6. The van der Waals surface area contributed by atoms with E-state index in [9.17, 15) is 9.59 Å². The molecule has 0 unspecified atom stereocenters. The molecule has 1 amide bonds. The molecule has 1 saturated heterocycles. The molecule has 22 heavy (non-hydrogen) atoms. The molecule has 1 N–H and O–H groups in total. The van der Waals surface area contributed by atoms with Gasteiger partial charge in [0.2, 0.25) is 0 Å². The van der Waals surface area contributed by atoms with Gasteiger partial charge in [0, 0.05) is 18.1 Å². The molecule has 0 spiro atoms. The fraction of sp³-hybridized carbons (Fsp3) is 0.467. The first-order chi connectivity index (χ1) is 10.4. The average molecular weight is 346 g/mol. The predicted molar refractivity (Wildman–Crippen MR) is 83.5 cm³/mol. The molecule has 1 heterocycles. The van der Waals surface area contributed by atoms with Gasteiger partial charge in [-0.3, -0.25) is 9.59 Å². The van der Waals surface area contributed by atoms with Gasteiger partial charge in [-0.15, -0.1) is 0 Å². The van der Waals surface area contributed by atoms with Gasteiger partial charge in [0.25, 0.3) is 5.91 Å². The first-order valence-electron chi connectivity index (χ1n) is 7.01. The standard InChI is InChI=1S/C15H17Cl2NO4/c1-9(22-13-5-4-11(16)7-12(13)17)14(19)18-6-2-3-10(8-18)15(20)21/h4-5,7,9-10H,2-3,6,8H2,1H3,(H,20,21)/t9-,10+/m0/s1. The van der Waals surface area contributed by atoms with Gasteiger partial charge in [0.15, 0.2) is 6.10 Å². The Bertz CT molecular complexity index is 579. The molecule has 0 aromatic heterocycles. The number of carbonyl (C=O) groups is 2. The number of carboxylic acids is 1. The number of rotatable bonds is 4. The van der Waals surface area contributed by atoms with E-state index in [0.29, 0.717) is 35.2 Å². The number of carboxylic acid groups (broad SMARTS) is 1. The number of likely N-dealkylation sites (tertiary alicyclic amines) is 1. The van der Waals surface area contributed by atoms with E-state index in [1.807, 2.05) is 0 Å². The average Bonchev–Trinajstić information content (AvgIpc) is 2.49. The zero-order chi connectivity index (χ0) is 16.3. The van der Waals surface area contributed by atoms with Crippen LogP contribution in [0.4, 0.5) is 0 Å². The summed E-state index contributed by atoms with van der Waals surface area (Å²) in [4.78, 5) is 25.0. The number of nitrogens with zero attached hydrogens (tertiary/aromatic N) is 1. The summed E-state index contributed by atoms with van der Waals surface area (Å²) in [5.41, 5.74) is 0. The number of carbonyl (C=O) groups excluding carboxylic acids is 1. The van der Waals surface area contributed by atoms with Crippen molar-refractivity contribution in [1.29, 1.82) is 0 Å². The lowest BCUT2D eigenvalue weighted by molar-refractivity contribution is -0.147. The van der Waals surface area contributed by atoms with Crippen molar-refractivity contribution in [2.24, 2.45) is 5.92 Å². The van der Waals surface area contributed by atoms with Gasteiger partial charge in [-0.1, -0.05) is 23.2 Å². The summed E-state index contributed by atoms with van der Waals surface area (Å²) >= 11 is 11.8. The number of benzene rings is 1. The Hall–Kier alpha value is -1.46. The third-order valence-corrected chi connectivity index (χ3v) is 4.16. The number of aliphatic carboxylic acids is 1. The molecule has 0 saturated carbocycles. The van der Waals surface area contributed by atoms with Crippen LogP contribution in [-0.4, -0.2) is 41.1 Å². The molecule has 1 aromatic rings. The molecule has 0 radical (unpaired) electrons. The molecule has 7 heteroatoms. The van der Waals surface area contributed by atoms with Crippen LogP contribution in [0.25, 0.3) is 0 Å². The fourth-order valence-corrected chi connectivity index (χ4v) is 2.90. The Morgan fingerprint density at radius 3 is 2.77 bits per heavy atom. The summed E-state index contributed by atoms with van der Waals surface area (Å²) in [7, 11) is 0. The summed E-state index contributed by atoms with van der Waals surface area (Å²) in [5, 5.41) is 9.89. The van der Waals surface area contributed by atoms with Crippen molar-refractivity contribution in [3.63, 3.8) is 0 Å². The van der Waals surface area contributed by atoms with Crippen molar-refractivity contribution < 1.29 is 19.4 Å². The molecular formula is C15H17Cl2NO4. The molecule has 0 bridgehead atoms. The van der Waals surface area contributed by atoms with Crippen molar-refractivity contribution >= 4 is 35.1 Å². The predicted octanol–water partition coefficient (Wildman–Crippen LogP) is 3.08. The van der Waals surface area contributed by atoms with Crippen molar-refractivity contribution in [2.45, 2.75) is 25.9 Å². The molecule has 1 aliphatic rings. The van der Waals surface area contributed by atoms with Gasteiger partial charge < -0.3 is 14.7 Å². The highest BCUT2D eigenvalue weighted by atomic mass is 35.5. The number of hydrogen-bond donors (Lipinski definition) is 1. The molecule has 5 nitrogen and oxygen atoms in total. The molecule has 2 atom stereocenters. The zero-order valence-corrected chi connectivity index (χ0v) is 13.6. The second-order valence-corrected chi connectivity index (χ2v) is 6.14. The number of hydrogen-bond acceptors (Lipinski definition) is 3. The van der Waals surface area contributed by atoms with E-state index in [4.69, 9.17) is 33.0 Å². The summed E-state index contributed by atoms with van der Waals surface area (Å²) < 4.78 is 5.58. The summed E-state index contributed by atoms with van der Waals surface area (Å²) in [6.45, 7) is 2.39. The summed E-state index contributed by atoms with van der Waals surface area (Å²) in [6, 6.07) is 4.77. The zero-order valence-electron chi connectivity index (χ0n) is 12.1. The van der Waals surface area contributed by atoms with E-state index < -0.39 is 18.0 Å². The minimum absolute atomic E-state index is 0.218. The number of ether oxygens (including phenoxy) is 1. The van der Waals surface area contributed by atoms with E-state index in [2.05, 4.69) is 0 Å². The smallest absolute Gasteiger partial charge is 0.308 e. The van der Waals surface area contributed by atoms with Crippen molar-refractivity contribution in [3.8, 4) is 5.75 Å². The topological polar surface area (TPSA) is 66.8 Å². The summed E-state index contributed by atoms with van der Waals surface area (Å²) in [5.74, 6) is -1.24. The SMILES string of the molecule is C[C@H](Oc1ccc(Cl)cc1Cl)C(=O)N1CCC[C@@H](C(=O)O)C1. The highest BCUT2D eigenvalue weighted by Gasteiger charge is 2.31. The molecule has 1 fully saturated rings. The maximum atomic E-state index is 12.4. The molecule has 0 aliphatic carbocycles. The number of halogens is 2. The van der Waals surface area contributed by atoms with E-state index in [1.165, 1.54) is 11.0 Å². The molecule has 1 aliphatic heterocycles. The van der Waals surface area contributed by atoms with Gasteiger partial charge in [-0.25, -0.2) is 0 Å². The minimum Gasteiger partial charge on any atom is -0.481 e. The van der Waals surface area contributed by atoms with E-state index >= 15 is 0 Å². The highest BCUT2D eigenvalue weighted by molar-refractivity contribution is 6.35. The van der Waals surface area contributed by atoms with E-state index in [-0.39, 0.29) is 12.5 Å². The molecule has 1 aromatic carbocycles. The van der Waals surface area contributed by atoms with Crippen molar-refractivity contribution in [1.82, 2.24) is 4.90 Å². The lowest BCUT2D eigenvalue weighted by Gasteiger charge is -2.32. The van der Waals surface area contributed by atoms with Crippen LogP contribution in [0.5, 0.6) is 5.75 Å². The molecule has 120 valence electrons. The first kappa shape index (κ1) is 16.9. The molecule has 2 rings (SSSR count). The third kappa shape index (κ3) is 4.05. The Morgan fingerprint density at radius 1 is 1.41 bits per heavy atom. The number of amides is 1. The van der Waals surface area contributed by atoms with Crippen LogP contribution in [-0.2, 0) is 9.59 Å². The maximum absolute atomic E-state index is 12.4. The van der Waals surface area contributed by atoms with Crippen LogP contribution in [0.15, 0.2) is 18.2 Å². The van der Waals surface area contributed by atoms with E-state index in [1.54, 1.807) is 19.1 Å². The Morgan fingerprint density at radius 2 is 2.14 bits per heavy atom. The quantitative estimate of drug-likeness (QED) is 0.910. The number of piperidine rings is 1. The third-order valence-electron chi connectivity index (χ3n) is 3.63. The molecular weight excluding hydrogens is 329 g/mol. The van der Waals surface area contributed by atoms with Gasteiger partial charge in [-0.2, -0.15) is 0 Å². The Labute approximate surface area is 138 Å².